The largest absolute Gasteiger partial charge is 0.304 e. The first kappa shape index (κ1) is 12.3. The minimum atomic E-state index is 0.650. The van der Waals surface area contributed by atoms with Gasteiger partial charge in [-0.1, -0.05) is 0 Å². The summed E-state index contributed by atoms with van der Waals surface area (Å²) < 4.78 is 4.63. The Balaban J connectivity index is 1.94. The van der Waals surface area contributed by atoms with Gasteiger partial charge in [-0.3, -0.25) is 9.36 Å². The summed E-state index contributed by atoms with van der Waals surface area (Å²) in [6, 6.07) is 0. The van der Waals surface area contributed by atoms with Crippen LogP contribution in [-0.4, -0.2) is 24.5 Å². The molecule has 2 aromatic heterocycles. The van der Waals surface area contributed by atoms with E-state index in [-0.39, 0.29) is 0 Å². The first-order valence-corrected chi connectivity index (χ1v) is 6.10. The lowest BCUT2D eigenvalue weighted by atomic mass is 10.3. The maximum absolute atomic E-state index is 4.33. The van der Waals surface area contributed by atoms with Gasteiger partial charge in [-0.2, -0.15) is 10.2 Å². The predicted molar refractivity (Wildman–Crippen MR) is 67.2 cm³/mol. The van der Waals surface area contributed by atoms with Gasteiger partial charge >= 0.3 is 0 Å². The zero-order valence-electron chi connectivity index (χ0n) is 10.1. The van der Waals surface area contributed by atoms with Crippen molar-refractivity contribution in [1.29, 1.82) is 0 Å². The van der Waals surface area contributed by atoms with Crippen LogP contribution < -0.4 is 5.32 Å². The molecule has 92 valence electrons. The molecule has 17 heavy (non-hydrogen) atoms. The monoisotopic (exact) mass is 298 g/mol. The molecule has 0 atom stereocenters. The number of nitrogens with one attached hydrogen (secondary N) is 1. The molecule has 0 amide bonds. The third-order valence-electron chi connectivity index (χ3n) is 2.48. The molecule has 0 saturated carbocycles. The van der Waals surface area contributed by atoms with Gasteiger partial charge in [0.2, 0.25) is 0 Å². The second-order valence-electron chi connectivity index (χ2n) is 3.91. The van der Waals surface area contributed by atoms with Crippen molar-refractivity contribution in [3.8, 4) is 0 Å². The van der Waals surface area contributed by atoms with Crippen molar-refractivity contribution in [2.45, 2.75) is 20.0 Å². The van der Waals surface area contributed by atoms with Crippen LogP contribution in [0.4, 0.5) is 0 Å². The fraction of sp³-hybridized carbons (Fsp3) is 0.500. The van der Waals surface area contributed by atoms with Crippen molar-refractivity contribution in [3.05, 3.63) is 28.0 Å². The standard InChI is InChI=1S/C10H15BrN6/c1-7-10(11)8(17(3)14-7)4-12-5-9-13-6-16(2)15-9/h6,12H,4-5H2,1-3H3. The fourth-order valence-electron chi connectivity index (χ4n) is 1.63. The molecule has 0 aliphatic rings. The molecule has 7 heteroatoms. The molecule has 0 radical (unpaired) electrons. The van der Waals surface area contributed by atoms with Gasteiger partial charge in [0, 0.05) is 20.6 Å². The highest BCUT2D eigenvalue weighted by atomic mass is 79.9. The Bertz CT molecular complexity index is 515. The van der Waals surface area contributed by atoms with Gasteiger partial charge in [-0.25, -0.2) is 4.98 Å². The van der Waals surface area contributed by atoms with Crippen LogP contribution in [-0.2, 0) is 27.2 Å². The normalized spacial score (nSPS) is 11.1. The molecule has 0 spiro atoms. The summed E-state index contributed by atoms with van der Waals surface area (Å²) in [6.45, 7) is 3.36. The average molecular weight is 299 g/mol. The van der Waals surface area contributed by atoms with E-state index < -0.39 is 0 Å². The van der Waals surface area contributed by atoms with Crippen molar-refractivity contribution in [3.63, 3.8) is 0 Å². The van der Waals surface area contributed by atoms with Crippen LogP contribution in [0.15, 0.2) is 10.8 Å². The Morgan fingerprint density at radius 2 is 2.06 bits per heavy atom. The molecule has 2 heterocycles. The summed E-state index contributed by atoms with van der Waals surface area (Å²) in [5.41, 5.74) is 2.12. The van der Waals surface area contributed by atoms with Gasteiger partial charge in [0.25, 0.3) is 0 Å². The third-order valence-corrected chi connectivity index (χ3v) is 3.52. The smallest absolute Gasteiger partial charge is 0.164 e. The maximum Gasteiger partial charge on any atom is 0.164 e. The van der Waals surface area contributed by atoms with Crippen LogP contribution in [0.3, 0.4) is 0 Å². The van der Waals surface area contributed by atoms with E-state index in [0.717, 1.165) is 28.2 Å². The molecule has 0 saturated heterocycles. The molecule has 0 aliphatic carbocycles. The Hall–Kier alpha value is -1.21. The minimum absolute atomic E-state index is 0.650. The Labute approximate surface area is 108 Å². The van der Waals surface area contributed by atoms with Gasteiger partial charge in [0.1, 0.15) is 6.33 Å². The molecule has 0 bridgehead atoms. The second kappa shape index (κ2) is 4.97. The summed E-state index contributed by atoms with van der Waals surface area (Å²) >= 11 is 3.53. The number of hydrogen-bond donors (Lipinski definition) is 1. The van der Waals surface area contributed by atoms with E-state index in [9.17, 15) is 0 Å². The highest BCUT2D eigenvalue weighted by Gasteiger charge is 2.10. The van der Waals surface area contributed by atoms with Crippen LogP contribution in [0.5, 0.6) is 0 Å². The maximum atomic E-state index is 4.33. The molecule has 0 aliphatic heterocycles. The summed E-state index contributed by atoms with van der Waals surface area (Å²) in [5, 5.41) is 11.8. The van der Waals surface area contributed by atoms with Gasteiger partial charge < -0.3 is 5.32 Å². The van der Waals surface area contributed by atoms with Gasteiger partial charge in [0.15, 0.2) is 5.82 Å². The minimum Gasteiger partial charge on any atom is -0.304 e. The lowest BCUT2D eigenvalue weighted by Crippen LogP contribution is -2.16. The van der Waals surface area contributed by atoms with Crippen molar-refractivity contribution in [2.75, 3.05) is 0 Å². The SMILES string of the molecule is Cc1nn(C)c(CNCc2ncn(C)n2)c1Br. The molecule has 0 aromatic carbocycles. The summed E-state index contributed by atoms with van der Waals surface area (Å²) in [6.07, 6.45) is 1.70. The van der Waals surface area contributed by atoms with E-state index >= 15 is 0 Å². The first-order valence-electron chi connectivity index (χ1n) is 5.31. The number of halogens is 1. The number of aromatic nitrogens is 5. The second-order valence-corrected chi connectivity index (χ2v) is 4.70. The highest BCUT2D eigenvalue weighted by molar-refractivity contribution is 9.10. The van der Waals surface area contributed by atoms with Gasteiger partial charge in [-0.15, -0.1) is 0 Å². The molecule has 2 aromatic rings. The zero-order valence-corrected chi connectivity index (χ0v) is 11.7. The van der Waals surface area contributed by atoms with Crippen molar-refractivity contribution < 1.29 is 0 Å². The molecule has 2 rings (SSSR count). The first-order chi connectivity index (χ1) is 8.08. The van der Waals surface area contributed by atoms with E-state index in [0.29, 0.717) is 6.54 Å². The molecule has 6 nitrogen and oxygen atoms in total. The zero-order chi connectivity index (χ0) is 12.4. The van der Waals surface area contributed by atoms with E-state index in [4.69, 9.17) is 0 Å². The van der Waals surface area contributed by atoms with Crippen LogP contribution in [0.25, 0.3) is 0 Å². The Morgan fingerprint density at radius 1 is 1.29 bits per heavy atom. The molecule has 0 unspecified atom stereocenters. The van der Waals surface area contributed by atoms with Crippen LogP contribution >= 0.6 is 15.9 Å². The predicted octanol–water partition coefficient (Wildman–Crippen LogP) is 0.909. The summed E-state index contributed by atoms with van der Waals surface area (Å²) in [7, 11) is 3.80. The Morgan fingerprint density at radius 3 is 2.59 bits per heavy atom. The van der Waals surface area contributed by atoms with E-state index in [1.54, 1.807) is 11.0 Å². The van der Waals surface area contributed by atoms with Gasteiger partial charge in [0.05, 0.1) is 22.4 Å². The summed E-state index contributed by atoms with van der Waals surface area (Å²) in [5.74, 6) is 0.794. The van der Waals surface area contributed by atoms with Crippen molar-refractivity contribution in [1.82, 2.24) is 29.9 Å². The van der Waals surface area contributed by atoms with Crippen molar-refractivity contribution >= 4 is 15.9 Å². The molecule has 0 fully saturated rings. The fourth-order valence-corrected chi connectivity index (χ4v) is 2.11. The topological polar surface area (TPSA) is 60.6 Å². The highest BCUT2D eigenvalue weighted by Crippen LogP contribution is 2.19. The number of aryl methyl sites for hydroxylation is 3. The summed E-state index contributed by atoms with van der Waals surface area (Å²) in [4.78, 5) is 4.15. The third kappa shape index (κ3) is 2.73. The molecular weight excluding hydrogens is 284 g/mol. The van der Waals surface area contributed by atoms with E-state index in [2.05, 4.69) is 36.4 Å². The van der Waals surface area contributed by atoms with Crippen LogP contribution in [0.1, 0.15) is 17.2 Å². The number of nitrogens with zero attached hydrogens (tertiary/aromatic N) is 5. The lowest BCUT2D eigenvalue weighted by Gasteiger charge is -2.03. The Kier molecular flexibility index (Phi) is 3.58. The van der Waals surface area contributed by atoms with Crippen LogP contribution in [0, 0.1) is 6.92 Å². The van der Waals surface area contributed by atoms with E-state index in [1.165, 1.54) is 0 Å². The molecule has 1 N–H and O–H groups in total. The van der Waals surface area contributed by atoms with E-state index in [1.807, 2.05) is 25.7 Å². The van der Waals surface area contributed by atoms with Crippen LogP contribution in [0.2, 0.25) is 0 Å². The molecular formula is C10H15BrN6. The quantitative estimate of drug-likeness (QED) is 0.911. The van der Waals surface area contributed by atoms with Crippen molar-refractivity contribution in [2.24, 2.45) is 14.1 Å². The number of hydrogen-bond acceptors (Lipinski definition) is 4. The average Bonchev–Trinajstić information content (AvgIpc) is 2.78. The van der Waals surface area contributed by atoms with Gasteiger partial charge in [-0.05, 0) is 22.9 Å². The lowest BCUT2D eigenvalue weighted by molar-refractivity contribution is 0.604. The number of rotatable bonds is 4.